The quantitative estimate of drug-likeness (QED) is 0.888. The molecule has 0 heterocycles. The highest BCUT2D eigenvalue weighted by molar-refractivity contribution is 5.32. The van der Waals surface area contributed by atoms with E-state index in [1.54, 1.807) is 12.1 Å². The fourth-order valence-electron chi connectivity index (χ4n) is 2.50. The van der Waals surface area contributed by atoms with E-state index in [0.29, 0.717) is 12.1 Å². The molecular weight excluding hydrogens is 272 g/mol. The number of aliphatic hydroxyl groups is 1. The van der Waals surface area contributed by atoms with E-state index < -0.39 is 6.10 Å². The third kappa shape index (κ3) is 4.42. The number of hydrogen-bond donors (Lipinski definition) is 1. The van der Waals surface area contributed by atoms with Crippen LogP contribution >= 0.6 is 0 Å². The van der Waals surface area contributed by atoms with Crippen LogP contribution in [0.15, 0.2) is 48.5 Å². The van der Waals surface area contributed by atoms with Crippen LogP contribution in [-0.4, -0.2) is 23.1 Å². The molecule has 0 aliphatic carbocycles. The molecule has 0 spiro atoms. The fraction of sp³-hybridized carbons (Fsp3) is 0.316. The van der Waals surface area contributed by atoms with Crippen molar-refractivity contribution < 1.29 is 5.11 Å². The Morgan fingerprint density at radius 1 is 1.18 bits per heavy atom. The molecule has 114 valence electrons. The van der Waals surface area contributed by atoms with Gasteiger partial charge in [0.1, 0.15) is 0 Å². The van der Waals surface area contributed by atoms with Crippen molar-refractivity contribution in [3.63, 3.8) is 0 Å². The molecule has 0 aliphatic heterocycles. The van der Waals surface area contributed by atoms with E-state index >= 15 is 0 Å². The van der Waals surface area contributed by atoms with Crippen LogP contribution in [-0.2, 0) is 6.54 Å². The van der Waals surface area contributed by atoms with Gasteiger partial charge in [0.05, 0.1) is 17.7 Å². The lowest BCUT2D eigenvalue weighted by atomic mass is 10.1. The maximum absolute atomic E-state index is 10.4. The summed E-state index contributed by atoms with van der Waals surface area (Å²) in [6, 6.07) is 17.7. The Hall–Kier alpha value is -2.15. The summed E-state index contributed by atoms with van der Waals surface area (Å²) in [7, 11) is 0. The summed E-state index contributed by atoms with van der Waals surface area (Å²) in [6.07, 6.45) is -0.544. The van der Waals surface area contributed by atoms with Gasteiger partial charge in [-0.25, -0.2) is 0 Å². The van der Waals surface area contributed by atoms with Crippen LogP contribution in [0.1, 0.15) is 35.3 Å². The second kappa shape index (κ2) is 7.74. The predicted octanol–water partition coefficient (Wildman–Crippen LogP) is 3.42. The SMILES string of the molecule is CCN(Cc1cccc(C)c1)CC(O)c1ccc(C#N)cc1. The van der Waals surface area contributed by atoms with Gasteiger partial charge in [-0.05, 0) is 36.7 Å². The molecule has 1 unspecified atom stereocenters. The summed E-state index contributed by atoms with van der Waals surface area (Å²) in [5.41, 5.74) is 3.97. The molecule has 0 bridgehead atoms. The maximum Gasteiger partial charge on any atom is 0.0991 e. The monoisotopic (exact) mass is 294 g/mol. The minimum absolute atomic E-state index is 0.544. The molecule has 0 radical (unpaired) electrons. The second-order valence-corrected chi connectivity index (χ2v) is 5.57. The van der Waals surface area contributed by atoms with Crippen molar-refractivity contribution in [3.05, 3.63) is 70.8 Å². The highest BCUT2D eigenvalue weighted by atomic mass is 16.3. The first kappa shape index (κ1) is 16.2. The van der Waals surface area contributed by atoms with Gasteiger partial charge in [-0.2, -0.15) is 5.26 Å². The number of benzene rings is 2. The summed E-state index contributed by atoms with van der Waals surface area (Å²) in [5.74, 6) is 0. The Bertz CT molecular complexity index is 643. The standard InChI is InChI=1S/C19H22N2O/c1-3-21(13-17-6-4-5-15(2)11-17)14-19(22)18-9-7-16(12-20)8-10-18/h4-11,19,22H,3,13-14H2,1-2H3. The summed E-state index contributed by atoms with van der Waals surface area (Å²) >= 11 is 0. The highest BCUT2D eigenvalue weighted by Gasteiger charge is 2.13. The zero-order valence-electron chi connectivity index (χ0n) is 13.2. The third-order valence-electron chi connectivity index (χ3n) is 3.79. The fourth-order valence-corrected chi connectivity index (χ4v) is 2.50. The molecule has 1 N–H and O–H groups in total. The number of likely N-dealkylation sites (N-methyl/N-ethyl adjacent to an activating group) is 1. The Labute approximate surface area is 132 Å². The van der Waals surface area contributed by atoms with Crippen molar-refractivity contribution in [1.29, 1.82) is 5.26 Å². The van der Waals surface area contributed by atoms with E-state index in [2.05, 4.69) is 49.1 Å². The van der Waals surface area contributed by atoms with Gasteiger partial charge in [-0.15, -0.1) is 0 Å². The van der Waals surface area contributed by atoms with E-state index in [4.69, 9.17) is 5.26 Å². The van der Waals surface area contributed by atoms with E-state index in [9.17, 15) is 5.11 Å². The summed E-state index contributed by atoms with van der Waals surface area (Å²) in [4.78, 5) is 2.22. The van der Waals surface area contributed by atoms with Crippen molar-refractivity contribution >= 4 is 0 Å². The Morgan fingerprint density at radius 3 is 2.50 bits per heavy atom. The summed E-state index contributed by atoms with van der Waals surface area (Å²) in [5, 5.41) is 19.2. The average molecular weight is 294 g/mol. The minimum atomic E-state index is -0.544. The van der Waals surface area contributed by atoms with Crippen LogP contribution in [0.2, 0.25) is 0 Å². The van der Waals surface area contributed by atoms with Crippen LogP contribution in [0.3, 0.4) is 0 Å². The van der Waals surface area contributed by atoms with E-state index in [-0.39, 0.29) is 0 Å². The predicted molar refractivity (Wildman–Crippen MR) is 88.2 cm³/mol. The van der Waals surface area contributed by atoms with E-state index in [1.807, 2.05) is 12.1 Å². The van der Waals surface area contributed by atoms with Gasteiger partial charge in [0.25, 0.3) is 0 Å². The van der Waals surface area contributed by atoms with Crippen molar-refractivity contribution in [2.75, 3.05) is 13.1 Å². The molecule has 3 nitrogen and oxygen atoms in total. The molecule has 0 amide bonds. The number of nitrogens with zero attached hydrogens (tertiary/aromatic N) is 2. The molecule has 2 aromatic carbocycles. The zero-order valence-corrected chi connectivity index (χ0v) is 13.2. The topological polar surface area (TPSA) is 47.3 Å². The Morgan fingerprint density at radius 2 is 1.91 bits per heavy atom. The molecular formula is C19H22N2O. The molecule has 0 saturated carbocycles. The van der Waals surface area contributed by atoms with Gasteiger partial charge in [-0.1, -0.05) is 48.9 Å². The molecule has 0 aliphatic rings. The number of rotatable bonds is 6. The molecule has 0 fully saturated rings. The van der Waals surface area contributed by atoms with Crippen LogP contribution in [0.5, 0.6) is 0 Å². The first-order chi connectivity index (χ1) is 10.6. The molecule has 3 heteroatoms. The van der Waals surface area contributed by atoms with Crippen LogP contribution in [0.4, 0.5) is 0 Å². The third-order valence-corrected chi connectivity index (χ3v) is 3.79. The van der Waals surface area contributed by atoms with Crippen molar-refractivity contribution in [2.24, 2.45) is 0 Å². The van der Waals surface area contributed by atoms with Crippen molar-refractivity contribution in [1.82, 2.24) is 4.90 Å². The maximum atomic E-state index is 10.4. The lowest BCUT2D eigenvalue weighted by molar-refractivity contribution is 0.112. The van der Waals surface area contributed by atoms with Crippen molar-refractivity contribution in [2.45, 2.75) is 26.5 Å². The van der Waals surface area contributed by atoms with Crippen LogP contribution in [0, 0.1) is 18.3 Å². The van der Waals surface area contributed by atoms with Crippen molar-refractivity contribution in [3.8, 4) is 6.07 Å². The number of hydrogen-bond acceptors (Lipinski definition) is 3. The lowest BCUT2D eigenvalue weighted by Gasteiger charge is -2.24. The number of nitriles is 1. The van der Waals surface area contributed by atoms with Crippen LogP contribution < -0.4 is 0 Å². The second-order valence-electron chi connectivity index (χ2n) is 5.57. The van der Waals surface area contributed by atoms with E-state index in [0.717, 1.165) is 18.7 Å². The highest BCUT2D eigenvalue weighted by Crippen LogP contribution is 2.17. The Balaban J connectivity index is 2.01. The largest absolute Gasteiger partial charge is 0.387 e. The van der Waals surface area contributed by atoms with Gasteiger partial charge in [0, 0.05) is 13.1 Å². The first-order valence-corrected chi connectivity index (χ1v) is 7.58. The van der Waals surface area contributed by atoms with Gasteiger partial charge in [0.2, 0.25) is 0 Å². The van der Waals surface area contributed by atoms with Crippen LogP contribution in [0.25, 0.3) is 0 Å². The molecule has 2 rings (SSSR count). The summed E-state index contributed by atoms with van der Waals surface area (Å²) < 4.78 is 0. The van der Waals surface area contributed by atoms with Gasteiger partial charge in [-0.3, -0.25) is 4.90 Å². The smallest absolute Gasteiger partial charge is 0.0991 e. The Kier molecular flexibility index (Phi) is 5.71. The zero-order chi connectivity index (χ0) is 15.9. The number of aryl methyl sites for hydroxylation is 1. The number of aliphatic hydroxyl groups excluding tert-OH is 1. The molecule has 0 aromatic heterocycles. The lowest BCUT2D eigenvalue weighted by Crippen LogP contribution is -2.28. The molecule has 2 aromatic rings. The minimum Gasteiger partial charge on any atom is -0.387 e. The van der Waals surface area contributed by atoms with Gasteiger partial charge in [0.15, 0.2) is 0 Å². The molecule has 0 saturated heterocycles. The van der Waals surface area contributed by atoms with Gasteiger partial charge >= 0.3 is 0 Å². The molecule has 22 heavy (non-hydrogen) atoms. The van der Waals surface area contributed by atoms with Gasteiger partial charge < -0.3 is 5.11 Å². The first-order valence-electron chi connectivity index (χ1n) is 7.58. The molecule has 1 atom stereocenters. The summed E-state index contributed by atoms with van der Waals surface area (Å²) in [6.45, 7) is 6.47. The normalized spacial score (nSPS) is 12.1. The van der Waals surface area contributed by atoms with E-state index in [1.165, 1.54) is 11.1 Å². The average Bonchev–Trinajstić information content (AvgIpc) is 2.54.